The van der Waals surface area contributed by atoms with Crippen LogP contribution in [0, 0.1) is 16.7 Å². The maximum Gasteiger partial charge on any atom is 0.200 e. The number of nitrogens with zero attached hydrogens (tertiary/aromatic N) is 1. The van der Waals surface area contributed by atoms with E-state index < -0.39 is 0 Å². The second-order valence-electron chi connectivity index (χ2n) is 12.8. The van der Waals surface area contributed by atoms with Gasteiger partial charge in [0, 0.05) is 34.9 Å². The molecule has 1 unspecified atom stereocenters. The normalized spacial score (nSPS) is 20.3. The smallest absolute Gasteiger partial charge is 0.200 e. The van der Waals surface area contributed by atoms with E-state index in [0.717, 1.165) is 22.8 Å². The molecule has 2 aromatic carbocycles. The van der Waals surface area contributed by atoms with Crippen molar-refractivity contribution in [2.75, 3.05) is 11.9 Å². The first-order valence-electron chi connectivity index (χ1n) is 12.5. The summed E-state index contributed by atoms with van der Waals surface area (Å²) >= 11 is 0. The quantitative estimate of drug-likeness (QED) is 0.643. The molecule has 4 rings (SSSR count). The molecule has 0 amide bonds. The van der Waals surface area contributed by atoms with Crippen molar-refractivity contribution in [2.45, 2.75) is 73.8 Å². The zero-order valence-corrected chi connectivity index (χ0v) is 22.9. The van der Waals surface area contributed by atoms with Gasteiger partial charge in [-0.3, -0.25) is 9.59 Å². The first-order chi connectivity index (χ1) is 16.0. The molecule has 0 aromatic heterocycles. The van der Waals surface area contributed by atoms with Gasteiger partial charge in [-0.15, -0.1) is 0 Å². The predicted octanol–water partition coefficient (Wildman–Crippen LogP) is 4.54. The van der Waals surface area contributed by atoms with E-state index in [2.05, 4.69) is 84.6 Å². The molecule has 0 spiro atoms. The summed E-state index contributed by atoms with van der Waals surface area (Å²) in [5.41, 5.74) is 2.32. The maximum atomic E-state index is 13.4. The van der Waals surface area contributed by atoms with E-state index >= 15 is 0 Å². The molecule has 0 N–H and O–H groups in total. The number of benzene rings is 1. The maximum absolute atomic E-state index is 13.4. The molecule has 0 radical (unpaired) electrons. The van der Waals surface area contributed by atoms with Crippen LogP contribution in [0.15, 0.2) is 57.5 Å². The molecule has 0 fully saturated rings. The molecule has 0 saturated carbocycles. The highest BCUT2D eigenvalue weighted by atomic mass is 16.5. The van der Waals surface area contributed by atoms with Gasteiger partial charge in [-0.1, -0.05) is 73.6 Å². The van der Waals surface area contributed by atoms with Crippen molar-refractivity contribution in [3.05, 3.63) is 84.4 Å². The molecule has 186 valence electrons. The zero-order chi connectivity index (χ0) is 26.1. The van der Waals surface area contributed by atoms with Crippen LogP contribution in [-0.2, 0) is 10.2 Å². The number of anilines is 1. The minimum atomic E-state index is -0.206. The van der Waals surface area contributed by atoms with E-state index in [1.54, 1.807) is 0 Å². The lowest BCUT2D eigenvalue weighted by molar-refractivity contribution is 0.155. The van der Waals surface area contributed by atoms with Gasteiger partial charge in [0.2, 0.25) is 10.9 Å². The van der Waals surface area contributed by atoms with E-state index in [4.69, 9.17) is 4.74 Å². The molecule has 1 atom stereocenters. The van der Waals surface area contributed by atoms with Crippen LogP contribution in [0.5, 0.6) is 0 Å². The Labute approximate surface area is 209 Å². The number of rotatable bonds is 2. The SMILES string of the molecule is CC(=c1c(=O)c(=CC2N(C)c3ccccc3C2(C)C)c1=O)C1C=C(C(C)(C)C)OC(C(C)(C)C)=C1. The summed E-state index contributed by atoms with van der Waals surface area (Å²) in [6, 6.07) is 8.23. The van der Waals surface area contributed by atoms with Crippen LogP contribution >= 0.6 is 0 Å². The lowest BCUT2D eigenvalue weighted by Gasteiger charge is -2.34. The summed E-state index contributed by atoms with van der Waals surface area (Å²) in [5.74, 6) is 1.60. The van der Waals surface area contributed by atoms with Crippen molar-refractivity contribution >= 4 is 17.3 Å². The summed E-state index contributed by atoms with van der Waals surface area (Å²) in [6.07, 6.45) is 6.01. The highest BCUT2D eigenvalue weighted by molar-refractivity contribution is 5.68. The molecule has 0 saturated heterocycles. The summed E-state index contributed by atoms with van der Waals surface area (Å²) in [6.45, 7) is 18.9. The number of fused-ring (bicyclic) bond motifs is 1. The largest absolute Gasteiger partial charge is 0.466 e. The van der Waals surface area contributed by atoms with Gasteiger partial charge < -0.3 is 9.64 Å². The van der Waals surface area contributed by atoms with Gasteiger partial charge in [-0.25, -0.2) is 0 Å². The van der Waals surface area contributed by atoms with Gasteiger partial charge in [-0.05, 0) is 42.4 Å². The summed E-state index contributed by atoms with van der Waals surface area (Å²) < 4.78 is 6.27. The highest BCUT2D eigenvalue weighted by Gasteiger charge is 2.42. The lowest BCUT2D eigenvalue weighted by atomic mass is 9.79. The molecule has 35 heavy (non-hydrogen) atoms. The second kappa shape index (κ2) is 8.08. The van der Waals surface area contributed by atoms with Gasteiger partial charge in [-0.2, -0.15) is 0 Å². The second-order valence-corrected chi connectivity index (χ2v) is 12.8. The van der Waals surface area contributed by atoms with E-state index in [-0.39, 0.29) is 39.1 Å². The van der Waals surface area contributed by atoms with Crippen LogP contribution in [0.25, 0.3) is 11.6 Å². The molecule has 0 aliphatic carbocycles. The van der Waals surface area contributed by atoms with E-state index in [1.807, 2.05) is 32.2 Å². The fourth-order valence-electron chi connectivity index (χ4n) is 5.30. The molecule has 0 bridgehead atoms. The first kappa shape index (κ1) is 25.2. The Kier molecular flexibility index (Phi) is 5.82. The number of hydrogen-bond acceptors (Lipinski definition) is 4. The van der Waals surface area contributed by atoms with Gasteiger partial charge >= 0.3 is 0 Å². The van der Waals surface area contributed by atoms with Crippen LogP contribution in [0.4, 0.5) is 5.69 Å². The molecule has 2 aliphatic rings. The summed E-state index contributed by atoms with van der Waals surface area (Å²) in [5, 5.41) is 0.636. The van der Waals surface area contributed by atoms with Crippen LogP contribution in [0.2, 0.25) is 0 Å². The third kappa shape index (κ3) is 4.11. The van der Waals surface area contributed by atoms with Gasteiger partial charge in [0.15, 0.2) is 0 Å². The van der Waals surface area contributed by atoms with E-state index in [9.17, 15) is 9.59 Å². The Morgan fingerprint density at radius 2 is 1.46 bits per heavy atom. The molecule has 2 aromatic rings. The topological polar surface area (TPSA) is 46.6 Å². The summed E-state index contributed by atoms with van der Waals surface area (Å²) in [7, 11) is 2.03. The van der Waals surface area contributed by atoms with Crippen molar-refractivity contribution in [3.63, 3.8) is 0 Å². The third-order valence-electron chi connectivity index (χ3n) is 7.66. The molecule has 2 aliphatic heterocycles. The number of hydrogen-bond donors (Lipinski definition) is 0. The number of allylic oxidation sites excluding steroid dienone is 4. The fourth-order valence-corrected chi connectivity index (χ4v) is 5.30. The van der Waals surface area contributed by atoms with E-state index in [0.29, 0.717) is 10.4 Å². The Morgan fingerprint density at radius 1 is 0.943 bits per heavy atom. The molecule has 4 heteroatoms. The van der Waals surface area contributed by atoms with Crippen molar-refractivity contribution in [1.29, 1.82) is 0 Å². The molecule has 4 nitrogen and oxygen atoms in total. The third-order valence-corrected chi connectivity index (χ3v) is 7.66. The summed E-state index contributed by atoms with van der Waals surface area (Å²) in [4.78, 5) is 28.9. The van der Waals surface area contributed by atoms with Gasteiger partial charge in [0.05, 0.1) is 16.5 Å². The highest BCUT2D eigenvalue weighted by Crippen LogP contribution is 2.44. The van der Waals surface area contributed by atoms with Crippen LogP contribution < -0.4 is 26.2 Å². The Balaban J connectivity index is 1.82. The fraction of sp³-hybridized carbons (Fsp3) is 0.484. The van der Waals surface area contributed by atoms with E-state index in [1.165, 1.54) is 5.56 Å². The molecule has 2 heterocycles. The van der Waals surface area contributed by atoms with Crippen LogP contribution in [-0.4, -0.2) is 13.1 Å². The Hall–Kier alpha value is -2.88. The zero-order valence-electron chi connectivity index (χ0n) is 22.9. The number of likely N-dealkylation sites (N-methyl/N-ethyl adjacent to an activating group) is 1. The predicted molar refractivity (Wildman–Crippen MR) is 145 cm³/mol. The minimum Gasteiger partial charge on any atom is -0.466 e. The van der Waals surface area contributed by atoms with Crippen molar-refractivity contribution in [2.24, 2.45) is 16.7 Å². The van der Waals surface area contributed by atoms with Crippen LogP contribution in [0.1, 0.15) is 67.9 Å². The van der Waals surface area contributed by atoms with Crippen molar-refractivity contribution in [3.8, 4) is 0 Å². The molecular formula is C31H39NO3. The average Bonchev–Trinajstić information content (AvgIpc) is 2.96. The van der Waals surface area contributed by atoms with Gasteiger partial charge in [0.25, 0.3) is 0 Å². The number of ether oxygens (including phenoxy) is 1. The average molecular weight is 474 g/mol. The Morgan fingerprint density at radius 3 is 1.94 bits per heavy atom. The lowest BCUT2D eigenvalue weighted by Crippen LogP contribution is -2.66. The standard InChI is InChI=1S/C31H39NO3/c1-18(19-15-24(29(2,3)4)35-25(16-19)30(5,6)7)26-27(33)20(28(26)34)17-23-31(8,9)21-13-11-12-14-22(21)32(23)10/h11-17,19,23H,1-10H3. The first-order valence-corrected chi connectivity index (χ1v) is 12.5. The number of para-hydroxylation sites is 1. The molecular weight excluding hydrogens is 434 g/mol. The van der Waals surface area contributed by atoms with Crippen molar-refractivity contribution < 1.29 is 4.74 Å². The van der Waals surface area contributed by atoms with Crippen molar-refractivity contribution in [1.82, 2.24) is 0 Å². The minimum absolute atomic E-state index is 0.0625. The van der Waals surface area contributed by atoms with Gasteiger partial charge in [0.1, 0.15) is 11.5 Å². The monoisotopic (exact) mass is 473 g/mol. The Bertz CT molecular complexity index is 1370. The van der Waals surface area contributed by atoms with Crippen LogP contribution in [0.3, 0.4) is 0 Å².